The van der Waals surface area contributed by atoms with Gasteiger partial charge in [0.25, 0.3) is 5.91 Å². The normalized spacial score (nSPS) is 14.3. The molecule has 0 atom stereocenters. The van der Waals surface area contributed by atoms with Crippen molar-refractivity contribution in [1.29, 1.82) is 0 Å². The van der Waals surface area contributed by atoms with Gasteiger partial charge in [-0.05, 0) is 61.5 Å². The fourth-order valence-corrected chi connectivity index (χ4v) is 4.37. The quantitative estimate of drug-likeness (QED) is 0.287. The van der Waals surface area contributed by atoms with Gasteiger partial charge in [0.05, 0.1) is 11.3 Å². The molecule has 9 heteroatoms. The summed E-state index contributed by atoms with van der Waals surface area (Å²) >= 11 is 0. The standard InChI is InChI=1S/C29H31N7O2/c1-21-5-10-25(18-27(21)33-29-30-12-11-26(32-29)24-4-3-13-36(38)20-24)31-28(37)23-8-6-22(7-9-23)19-35-16-14-34(2)15-17-35/h3-13,18,20H,14-17,19H2,1-2H3,(H,31,37)(H,30,32,33)/i20+2. The minimum absolute atomic E-state index is 0.167. The smallest absolute Gasteiger partial charge is 0.255 e. The Morgan fingerprint density at radius 2 is 1.87 bits per heavy atom. The van der Waals surface area contributed by atoms with Gasteiger partial charge in [-0.25, -0.2) is 9.97 Å². The Labute approximate surface area is 222 Å². The summed E-state index contributed by atoms with van der Waals surface area (Å²) in [5, 5.41) is 17.9. The van der Waals surface area contributed by atoms with Crippen LogP contribution in [-0.2, 0) is 6.54 Å². The number of piperazine rings is 1. The van der Waals surface area contributed by atoms with E-state index in [1.807, 2.05) is 55.5 Å². The molecule has 1 aliphatic rings. The van der Waals surface area contributed by atoms with Crippen molar-refractivity contribution in [2.24, 2.45) is 0 Å². The van der Waals surface area contributed by atoms with E-state index in [2.05, 4.69) is 37.4 Å². The number of hydrogen-bond acceptors (Lipinski definition) is 7. The molecule has 1 aliphatic heterocycles. The van der Waals surface area contributed by atoms with Crippen molar-refractivity contribution < 1.29 is 9.52 Å². The molecule has 0 radical (unpaired) electrons. The van der Waals surface area contributed by atoms with Crippen LogP contribution in [0.1, 0.15) is 21.5 Å². The third-order valence-corrected chi connectivity index (χ3v) is 6.69. The van der Waals surface area contributed by atoms with Gasteiger partial charge in [-0.15, -0.1) is 0 Å². The van der Waals surface area contributed by atoms with Gasteiger partial charge < -0.3 is 20.7 Å². The lowest BCUT2D eigenvalue weighted by atomic mass is 10.1. The van der Waals surface area contributed by atoms with E-state index in [4.69, 9.17) is 0 Å². The number of amides is 1. The minimum Gasteiger partial charge on any atom is -0.619 e. The van der Waals surface area contributed by atoms with E-state index in [9.17, 15) is 10.0 Å². The van der Waals surface area contributed by atoms with Crippen molar-refractivity contribution in [2.45, 2.75) is 13.5 Å². The number of rotatable bonds is 7. The van der Waals surface area contributed by atoms with Crippen LogP contribution in [0.4, 0.5) is 17.3 Å². The lowest BCUT2D eigenvalue weighted by Crippen LogP contribution is -2.43. The highest BCUT2D eigenvalue weighted by atomic mass is 16.5. The van der Waals surface area contributed by atoms with Crippen LogP contribution in [0.15, 0.2) is 79.3 Å². The van der Waals surface area contributed by atoms with Gasteiger partial charge in [0.15, 0.2) is 12.4 Å². The molecule has 2 N–H and O–H groups in total. The molecule has 2 aromatic heterocycles. The summed E-state index contributed by atoms with van der Waals surface area (Å²) < 4.78 is 0.738. The lowest BCUT2D eigenvalue weighted by Gasteiger charge is -2.32. The van der Waals surface area contributed by atoms with Gasteiger partial charge in [-0.1, -0.05) is 18.2 Å². The summed E-state index contributed by atoms with van der Waals surface area (Å²) in [5.74, 6) is 0.227. The number of likely N-dealkylation sites (N-methyl/N-ethyl adjacent to an activating group) is 1. The number of nitrogens with zero attached hydrogens (tertiary/aromatic N) is 5. The van der Waals surface area contributed by atoms with Crippen molar-refractivity contribution in [3.05, 3.63) is 101 Å². The SMILES string of the molecule is Cc1ccc(NC(=O)c2ccc(CN3CCN(C)CC3)cc2)cc1Nc1nccc(-c2ccc[n+]([O-])[14cH]2)n1. The van der Waals surface area contributed by atoms with E-state index >= 15 is 0 Å². The first-order chi connectivity index (χ1) is 18.4. The van der Waals surface area contributed by atoms with Crippen molar-refractivity contribution in [1.82, 2.24) is 19.8 Å². The first kappa shape index (κ1) is 25.3. The number of aromatic nitrogens is 3. The number of hydrogen-bond donors (Lipinski definition) is 2. The van der Waals surface area contributed by atoms with Crippen molar-refractivity contribution in [3.63, 3.8) is 0 Å². The number of anilines is 3. The lowest BCUT2D eigenvalue weighted by molar-refractivity contribution is -0.604. The number of benzene rings is 2. The second-order valence-electron chi connectivity index (χ2n) is 9.60. The summed E-state index contributed by atoms with van der Waals surface area (Å²) in [6.45, 7) is 7.15. The summed E-state index contributed by atoms with van der Waals surface area (Å²) in [4.78, 5) is 26.6. The minimum atomic E-state index is -0.167. The largest absolute Gasteiger partial charge is 0.619 e. The predicted molar refractivity (Wildman–Crippen MR) is 148 cm³/mol. The van der Waals surface area contributed by atoms with Crippen LogP contribution in [0, 0.1) is 12.1 Å². The van der Waals surface area contributed by atoms with Gasteiger partial charge in [0.2, 0.25) is 5.95 Å². The fourth-order valence-electron chi connectivity index (χ4n) is 4.37. The number of nitrogens with one attached hydrogen (secondary N) is 2. The van der Waals surface area contributed by atoms with Crippen LogP contribution in [0.2, 0.25) is 0 Å². The topological polar surface area (TPSA) is 100 Å². The molecular weight excluding hydrogens is 480 g/mol. The van der Waals surface area contributed by atoms with Crippen molar-refractivity contribution in [2.75, 3.05) is 43.9 Å². The van der Waals surface area contributed by atoms with Crippen LogP contribution < -0.4 is 15.4 Å². The highest BCUT2D eigenvalue weighted by Gasteiger charge is 2.14. The molecule has 194 valence electrons. The Hall–Kier alpha value is -4.34. The van der Waals surface area contributed by atoms with Crippen molar-refractivity contribution >= 4 is 23.2 Å². The van der Waals surface area contributed by atoms with E-state index in [1.54, 1.807) is 18.3 Å². The van der Waals surface area contributed by atoms with Gasteiger partial charge in [-0.2, -0.15) is 4.73 Å². The second-order valence-corrected chi connectivity index (χ2v) is 9.60. The van der Waals surface area contributed by atoms with Gasteiger partial charge >= 0.3 is 0 Å². The number of aryl methyl sites for hydroxylation is 1. The molecule has 2 aromatic carbocycles. The molecule has 3 heterocycles. The van der Waals surface area contributed by atoms with Crippen molar-refractivity contribution in [3.8, 4) is 11.3 Å². The maximum atomic E-state index is 12.9. The zero-order chi connectivity index (χ0) is 26.5. The summed E-state index contributed by atoms with van der Waals surface area (Å²) in [6.07, 6.45) is 4.53. The summed E-state index contributed by atoms with van der Waals surface area (Å²) in [5.41, 5.74) is 5.55. The molecular formula is C29H31N7O2. The van der Waals surface area contributed by atoms with Crippen LogP contribution in [0.5, 0.6) is 0 Å². The third kappa shape index (κ3) is 6.31. The molecule has 9 nitrogen and oxygen atoms in total. The van der Waals surface area contributed by atoms with E-state index in [1.165, 1.54) is 18.0 Å². The van der Waals surface area contributed by atoms with E-state index < -0.39 is 0 Å². The Kier molecular flexibility index (Phi) is 7.57. The van der Waals surface area contributed by atoms with Crippen LogP contribution in [-0.4, -0.2) is 58.9 Å². The Morgan fingerprint density at radius 1 is 1.08 bits per heavy atom. The molecule has 38 heavy (non-hydrogen) atoms. The van der Waals surface area contributed by atoms with Crippen LogP contribution >= 0.6 is 0 Å². The number of pyridine rings is 1. The Morgan fingerprint density at radius 3 is 2.63 bits per heavy atom. The van der Waals surface area contributed by atoms with Crippen LogP contribution in [0.3, 0.4) is 0 Å². The highest BCUT2D eigenvalue weighted by molar-refractivity contribution is 6.04. The highest BCUT2D eigenvalue weighted by Crippen LogP contribution is 2.24. The monoisotopic (exact) mass is 511 g/mol. The predicted octanol–water partition coefficient (Wildman–Crippen LogP) is 3.83. The molecule has 1 saturated heterocycles. The summed E-state index contributed by atoms with van der Waals surface area (Å²) in [7, 11) is 2.15. The molecule has 5 rings (SSSR count). The second kappa shape index (κ2) is 11.4. The molecule has 0 unspecified atom stereocenters. The Balaban J connectivity index is 1.24. The maximum absolute atomic E-state index is 12.9. The first-order valence-electron chi connectivity index (χ1n) is 12.6. The molecule has 0 bridgehead atoms. The van der Waals surface area contributed by atoms with E-state index in [0.29, 0.717) is 28.5 Å². The molecule has 0 spiro atoms. The average Bonchev–Trinajstić information content (AvgIpc) is 2.92. The van der Waals surface area contributed by atoms with Gasteiger partial charge in [-0.3, -0.25) is 9.69 Å². The zero-order valence-electron chi connectivity index (χ0n) is 21.6. The third-order valence-electron chi connectivity index (χ3n) is 6.69. The Bertz CT molecular complexity index is 1420. The van der Waals surface area contributed by atoms with Crippen LogP contribution in [0.25, 0.3) is 11.3 Å². The maximum Gasteiger partial charge on any atom is 0.255 e. The first-order valence-corrected chi connectivity index (χ1v) is 12.6. The zero-order valence-corrected chi connectivity index (χ0v) is 21.6. The van der Waals surface area contributed by atoms with E-state index in [0.717, 1.165) is 48.7 Å². The summed E-state index contributed by atoms with van der Waals surface area (Å²) in [6, 6.07) is 18.7. The molecule has 1 fully saturated rings. The van der Waals surface area contributed by atoms with E-state index in [-0.39, 0.29) is 5.91 Å². The molecule has 4 aromatic rings. The molecule has 0 aliphatic carbocycles. The fraction of sp³-hybridized carbons (Fsp3) is 0.241. The van der Waals surface area contributed by atoms with Gasteiger partial charge in [0, 0.05) is 61.9 Å². The molecule has 1 amide bonds. The van der Waals surface area contributed by atoms with Gasteiger partial charge in [0.1, 0.15) is 0 Å². The number of carbonyl (C=O) groups is 1. The number of carbonyl (C=O) groups excluding carboxylic acids is 1. The average molecular weight is 512 g/mol. The molecule has 0 saturated carbocycles.